The van der Waals surface area contributed by atoms with E-state index >= 15 is 0 Å². The molecule has 0 unspecified atom stereocenters. The van der Waals surface area contributed by atoms with E-state index in [-0.39, 0.29) is 6.54 Å². The second kappa shape index (κ2) is 7.50. The van der Waals surface area contributed by atoms with Crippen LogP contribution >= 0.6 is 11.6 Å². The number of halogens is 1. The van der Waals surface area contributed by atoms with Crippen molar-refractivity contribution in [2.45, 2.75) is 31.9 Å². The molecule has 1 aromatic carbocycles. The number of esters is 1. The van der Waals surface area contributed by atoms with Crippen LogP contribution in [0.15, 0.2) is 24.3 Å². The van der Waals surface area contributed by atoms with Crippen LogP contribution in [0.1, 0.15) is 19.8 Å². The van der Waals surface area contributed by atoms with Gasteiger partial charge in [0, 0.05) is 17.3 Å². The Kier molecular flexibility index (Phi) is 5.84. The predicted molar refractivity (Wildman–Crippen MR) is 90.2 cm³/mol. The summed E-state index contributed by atoms with van der Waals surface area (Å²) in [6.45, 7) is 1.72. The van der Waals surface area contributed by atoms with E-state index in [0.717, 1.165) is 10.6 Å². The van der Waals surface area contributed by atoms with Gasteiger partial charge in [-0.05, 0) is 44.0 Å². The van der Waals surface area contributed by atoms with E-state index in [9.17, 15) is 18.0 Å². The highest BCUT2D eigenvalue weighted by atomic mass is 35.5. The van der Waals surface area contributed by atoms with Crippen molar-refractivity contribution in [3.05, 3.63) is 29.3 Å². The smallest absolute Gasteiger partial charge is 0.325 e. The molecule has 0 saturated carbocycles. The number of ether oxygens (including phenoxy) is 1. The normalized spacial score (nSPS) is 19.7. The Morgan fingerprint density at radius 2 is 1.96 bits per heavy atom. The van der Waals surface area contributed by atoms with Crippen LogP contribution in [0.25, 0.3) is 0 Å². The summed E-state index contributed by atoms with van der Waals surface area (Å²) >= 11 is 5.77. The number of nitrogens with one attached hydrogen (secondary N) is 1. The molecule has 1 amide bonds. The van der Waals surface area contributed by atoms with Gasteiger partial charge in [-0.25, -0.2) is 8.42 Å². The maximum absolute atomic E-state index is 12.2. The minimum Gasteiger partial charge on any atom is -0.451 e. The molecule has 1 heterocycles. The fourth-order valence-corrected chi connectivity index (χ4v) is 3.70. The average molecular weight is 375 g/mol. The first-order chi connectivity index (χ1) is 11.2. The molecule has 1 aromatic rings. The molecule has 1 fully saturated rings. The second-order valence-corrected chi connectivity index (χ2v) is 7.98. The van der Waals surface area contributed by atoms with Crippen LogP contribution < -0.4 is 5.32 Å². The third-order valence-electron chi connectivity index (χ3n) is 3.68. The number of rotatable bonds is 5. The van der Waals surface area contributed by atoms with Crippen LogP contribution in [-0.2, 0) is 24.3 Å². The summed E-state index contributed by atoms with van der Waals surface area (Å²) in [5, 5.41) is 3.14. The van der Waals surface area contributed by atoms with Crippen molar-refractivity contribution in [3.8, 4) is 0 Å². The number of benzene rings is 1. The predicted octanol–water partition coefficient (Wildman–Crippen LogP) is 1.63. The maximum atomic E-state index is 12.2. The minimum atomic E-state index is -3.49. The highest BCUT2D eigenvalue weighted by Gasteiger charge is 2.38. The van der Waals surface area contributed by atoms with Gasteiger partial charge in [0.1, 0.15) is 6.04 Å². The summed E-state index contributed by atoms with van der Waals surface area (Å²) in [7, 11) is -3.49. The molecule has 0 spiro atoms. The minimum absolute atomic E-state index is 0.282. The molecule has 1 N–H and O–H groups in total. The Balaban J connectivity index is 1.95. The summed E-state index contributed by atoms with van der Waals surface area (Å²) in [6, 6.07) is 5.62. The van der Waals surface area contributed by atoms with Crippen molar-refractivity contribution >= 4 is 39.2 Å². The number of hydrogen-bond donors (Lipinski definition) is 1. The number of sulfonamides is 1. The molecule has 24 heavy (non-hydrogen) atoms. The topological polar surface area (TPSA) is 92.8 Å². The number of amides is 1. The van der Waals surface area contributed by atoms with Gasteiger partial charge in [0.25, 0.3) is 5.91 Å². The summed E-state index contributed by atoms with van der Waals surface area (Å²) in [6.07, 6.45) is 0.973. The van der Waals surface area contributed by atoms with Gasteiger partial charge in [0.05, 0.1) is 6.26 Å². The Morgan fingerprint density at radius 3 is 2.54 bits per heavy atom. The van der Waals surface area contributed by atoms with Gasteiger partial charge in [-0.1, -0.05) is 11.6 Å². The number of nitrogens with zero attached hydrogens (tertiary/aromatic N) is 1. The van der Waals surface area contributed by atoms with E-state index in [4.69, 9.17) is 16.3 Å². The van der Waals surface area contributed by atoms with Crippen molar-refractivity contribution in [2.75, 3.05) is 18.1 Å². The van der Waals surface area contributed by atoms with Gasteiger partial charge in [-0.3, -0.25) is 9.59 Å². The lowest BCUT2D eigenvalue weighted by molar-refractivity contribution is -0.156. The lowest BCUT2D eigenvalue weighted by Crippen LogP contribution is -2.43. The van der Waals surface area contributed by atoms with Crippen molar-refractivity contribution in [1.29, 1.82) is 0 Å². The molecule has 2 rings (SSSR count). The molecule has 132 valence electrons. The molecule has 1 aliphatic heterocycles. The Labute approximate surface area is 146 Å². The lowest BCUT2D eigenvalue weighted by atomic mass is 10.2. The van der Waals surface area contributed by atoms with E-state index in [0.29, 0.717) is 23.6 Å². The van der Waals surface area contributed by atoms with Crippen LogP contribution in [0.2, 0.25) is 5.02 Å². The molecule has 0 bridgehead atoms. The van der Waals surface area contributed by atoms with Crippen LogP contribution in [-0.4, -0.2) is 49.5 Å². The van der Waals surface area contributed by atoms with Crippen molar-refractivity contribution < 1.29 is 22.7 Å². The van der Waals surface area contributed by atoms with Crippen molar-refractivity contribution in [2.24, 2.45) is 0 Å². The molecule has 0 aliphatic carbocycles. The largest absolute Gasteiger partial charge is 0.451 e. The van der Waals surface area contributed by atoms with Gasteiger partial charge >= 0.3 is 5.97 Å². The SMILES string of the molecule is C[C@H](OC(=O)[C@H]1CCCN1S(C)(=O)=O)C(=O)Nc1ccc(Cl)cc1. The van der Waals surface area contributed by atoms with Crippen LogP contribution in [0.3, 0.4) is 0 Å². The van der Waals surface area contributed by atoms with E-state index in [2.05, 4.69) is 5.32 Å². The monoisotopic (exact) mass is 374 g/mol. The quantitative estimate of drug-likeness (QED) is 0.791. The maximum Gasteiger partial charge on any atom is 0.325 e. The van der Waals surface area contributed by atoms with Crippen molar-refractivity contribution in [3.63, 3.8) is 0 Å². The summed E-state index contributed by atoms with van der Waals surface area (Å²) in [5.74, 6) is -1.22. The average Bonchev–Trinajstić information content (AvgIpc) is 2.99. The van der Waals surface area contributed by atoms with Crippen molar-refractivity contribution in [1.82, 2.24) is 4.31 Å². The Hall–Kier alpha value is -1.64. The molecule has 9 heteroatoms. The Morgan fingerprint density at radius 1 is 1.33 bits per heavy atom. The van der Waals surface area contributed by atoms with E-state index < -0.39 is 34.0 Å². The molecule has 0 radical (unpaired) electrons. The summed E-state index contributed by atoms with van der Waals surface area (Å²) in [5.41, 5.74) is 0.519. The standard InChI is InChI=1S/C15H19ClN2O5S/c1-10(14(19)17-12-7-5-11(16)6-8-12)23-15(20)13-4-3-9-18(13)24(2,21)22/h5-8,10,13H,3-4,9H2,1-2H3,(H,17,19)/t10-,13+/m0/s1. The lowest BCUT2D eigenvalue weighted by Gasteiger charge is -2.22. The van der Waals surface area contributed by atoms with Crippen LogP contribution in [0.5, 0.6) is 0 Å². The van der Waals surface area contributed by atoms with Gasteiger partial charge in [-0.2, -0.15) is 4.31 Å². The van der Waals surface area contributed by atoms with Gasteiger partial charge in [0.2, 0.25) is 10.0 Å². The molecular weight excluding hydrogens is 356 g/mol. The number of anilines is 1. The van der Waals surface area contributed by atoms with E-state index in [1.165, 1.54) is 6.92 Å². The second-order valence-electron chi connectivity index (χ2n) is 5.61. The zero-order chi connectivity index (χ0) is 17.9. The van der Waals surface area contributed by atoms with Crippen LogP contribution in [0.4, 0.5) is 5.69 Å². The fraction of sp³-hybridized carbons (Fsp3) is 0.467. The molecule has 1 saturated heterocycles. The number of hydrogen-bond acceptors (Lipinski definition) is 5. The first-order valence-corrected chi connectivity index (χ1v) is 9.65. The first-order valence-electron chi connectivity index (χ1n) is 7.42. The molecule has 0 aromatic heterocycles. The van der Waals surface area contributed by atoms with Gasteiger partial charge in [-0.15, -0.1) is 0 Å². The van der Waals surface area contributed by atoms with E-state index in [1.807, 2.05) is 0 Å². The molecule has 1 aliphatic rings. The number of carbonyl (C=O) groups excluding carboxylic acids is 2. The molecular formula is C15H19ClN2O5S. The first kappa shape index (κ1) is 18.7. The summed E-state index contributed by atoms with van der Waals surface area (Å²) in [4.78, 5) is 24.3. The third-order valence-corrected chi connectivity index (χ3v) is 5.22. The molecule has 2 atom stereocenters. The highest BCUT2D eigenvalue weighted by molar-refractivity contribution is 7.88. The van der Waals surface area contributed by atoms with Crippen LogP contribution in [0, 0.1) is 0 Å². The Bertz CT molecular complexity index is 720. The summed E-state index contributed by atoms with van der Waals surface area (Å²) < 4.78 is 29.6. The fourth-order valence-electron chi connectivity index (χ4n) is 2.46. The number of carbonyl (C=O) groups is 2. The zero-order valence-electron chi connectivity index (χ0n) is 13.4. The van der Waals surface area contributed by atoms with Gasteiger partial charge < -0.3 is 10.1 Å². The third kappa shape index (κ3) is 4.68. The zero-order valence-corrected chi connectivity index (χ0v) is 14.9. The van der Waals surface area contributed by atoms with Gasteiger partial charge in [0.15, 0.2) is 6.10 Å². The molecule has 7 nitrogen and oxygen atoms in total. The van der Waals surface area contributed by atoms with E-state index in [1.54, 1.807) is 24.3 Å². The highest BCUT2D eigenvalue weighted by Crippen LogP contribution is 2.22.